The van der Waals surface area contributed by atoms with E-state index in [-0.39, 0.29) is 0 Å². The molecular weight excluding hydrogens is 224 g/mol. The van der Waals surface area contributed by atoms with E-state index in [2.05, 4.69) is 37.9 Å². The molecule has 0 amide bonds. The van der Waals surface area contributed by atoms with Gasteiger partial charge in [-0.1, -0.05) is 13.8 Å². The fraction of sp³-hybridized carbons (Fsp3) is 1.00. The highest BCUT2D eigenvalue weighted by atomic mass is 16.5. The highest BCUT2D eigenvalue weighted by Crippen LogP contribution is 2.43. The van der Waals surface area contributed by atoms with Gasteiger partial charge in [-0.05, 0) is 32.6 Å². The Kier molecular flexibility index (Phi) is 4.35. The van der Waals surface area contributed by atoms with Crippen LogP contribution in [-0.2, 0) is 4.74 Å². The van der Waals surface area contributed by atoms with E-state index in [1.54, 1.807) is 0 Å². The topological polar surface area (TPSA) is 24.5 Å². The van der Waals surface area contributed by atoms with Gasteiger partial charge in [0.05, 0.1) is 13.2 Å². The average molecular weight is 254 g/mol. The van der Waals surface area contributed by atoms with Crippen LogP contribution < -0.4 is 5.32 Å². The summed E-state index contributed by atoms with van der Waals surface area (Å²) in [5, 5.41) is 3.44. The van der Waals surface area contributed by atoms with Crippen LogP contribution in [0.4, 0.5) is 0 Å². The van der Waals surface area contributed by atoms with Gasteiger partial charge in [-0.25, -0.2) is 0 Å². The Morgan fingerprint density at radius 2 is 1.83 bits per heavy atom. The Balaban J connectivity index is 1.96. The third kappa shape index (κ3) is 3.25. The summed E-state index contributed by atoms with van der Waals surface area (Å²) in [6, 6.07) is 0. The number of rotatable bonds is 5. The van der Waals surface area contributed by atoms with Crippen LogP contribution in [0.15, 0.2) is 0 Å². The minimum atomic E-state index is 0.306. The molecule has 3 nitrogen and oxygen atoms in total. The predicted octanol–water partition coefficient (Wildman–Crippen LogP) is 2.12. The van der Waals surface area contributed by atoms with Gasteiger partial charge in [0.15, 0.2) is 0 Å². The molecule has 0 bridgehead atoms. The van der Waals surface area contributed by atoms with Gasteiger partial charge in [-0.15, -0.1) is 0 Å². The molecule has 0 aliphatic carbocycles. The molecule has 3 heteroatoms. The summed E-state index contributed by atoms with van der Waals surface area (Å²) in [7, 11) is 0. The van der Waals surface area contributed by atoms with E-state index < -0.39 is 0 Å². The van der Waals surface area contributed by atoms with Crippen LogP contribution in [0.2, 0.25) is 0 Å². The third-order valence-corrected chi connectivity index (χ3v) is 4.44. The van der Waals surface area contributed by atoms with Crippen LogP contribution >= 0.6 is 0 Å². The molecule has 0 radical (unpaired) electrons. The lowest BCUT2D eigenvalue weighted by Crippen LogP contribution is -2.58. The molecule has 106 valence electrons. The minimum absolute atomic E-state index is 0.306. The first-order chi connectivity index (χ1) is 8.44. The average Bonchev–Trinajstić information content (AvgIpc) is 2.26. The van der Waals surface area contributed by atoms with Crippen molar-refractivity contribution in [2.45, 2.75) is 46.1 Å². The lowest BCUT2D eigenvalue weighted by Gasteiger charge is -2.51. The fourth-order valence-electron chi connectivity index (χ4n) is 3.85. The zero-order valence-electron chi connectivity index (χ0n) is 12.6. The SMILES string of the molecule is CC(C)CC1(CC(C)(C)N2CCNCC2)COC1. The number of nitrogens with one attached hydrogen (secondary N) is 1. The normalized spacial score (nSPS) is 25.2. The van der Waals surface area contributed by atoms with E-state index in [1.165, 1.54) is 25.9 Å². The van der Waals surface area contributed by atoms with E-state index in [0.717, 1.165) is 32.2 Å². The summed E-state index contributed by atoms with van der Waals surface area (Å²) in [5.41, 5.74) is 0.753. The number of piperazine rings is 1. The monoisotopic (exact) mass is 254 g/mol. The van der Waals surface area contributed by atoms with Gasteiger partial charge in [-0.3, -0.25) is 4.90 Å². The molecule has 2 aliphatic heterocycles. The summed E-state index contributed by atoms with van der Waals surface area (Å²) in [6.07, 6.45) is 2.58. The van der Waals surface area contributed by atoms with Crippen LogP contribution in [0, 0.1) is 11.3 Å². The lowest BCUT2D eigenvalue weighted by atomic mass is 9.70. The molecule has 2 fully saturated rings. The fourth-order valence-corrected chi connectivity index (χ4v) is 3.85. The van der Waals surface area contributed by atoms with Crippen LogP contribution in [-0.4, -0.2) is 49.8 Å². The molecule has 0 aromatic carbocycles. The minimum Gasteiger partial charge on any atom is -0.380 e. The zero-order chi connectivity index (χ0) is 13.2. The van der Waals surface area contributed by atoms with Gasteiger partial charge >= 0.3 is 0 Å². The third-order valence-electron chi connectivity index (χ3n) is 4.44. The summed E-state index contributed by atoms with van der Waals surface area (Å²) in [6.45, 7) is 16.1. The molecule has 1 N–H and O–H groups in total. The number of ether oxygens (including phenoxy) is 1. The molecule has 0 atom stereocenters. The Bertz CT molecular complexity index is 266. The summed E-state index contributed by atoms with van der Waals surface area (Å²) >= 11 is 0. The second-order valence-electron chi connectivity index (χ2n) is 7.32. The van der Waals surface area contributed by atoms with Gasteiger partial charge in [-0.2, -0.15) is 0 Å². The van der Waals surface area contributed by atoms with Crippen molar-refractivity contribution in [1.82, 2.24) is 10.2 Å². The molecule has 0 aromatic rings. The molecule has 0 unspecified atom stereocenters. The predicted molar refractivity (Wildman–Crippen MR) is 75.8 cm³/mol. The van der Waals surface area contributed by atoms with E-state index in [4.69, 9.17) is 4.74 Å². The Hall–Kier alpha value is -0.120. The number of hydrogen-bond donors (Lipinski definition) is 1. The van der Waals surface area contributed by atoms with Gasteiger partial charge in [0.25, 0.3) is 0 Å². The van der Waals surface area contributed by atoms with Crippen molar-refractivity contribution in [1.29, 1.82) is 0 Å². The van der Waals surface area contributed by atoms with E-state index in [9.17, 15) is 0 Å². The molecule has 2 heterocycles. The molecule has 0 spiro atoms. The Morgan fingerprint density at radius 1 is 1.22 bits per heavy atom. The van der Waals surface area contributed by atoms with Crippen molar-refractivity contribution in [2.75, 3.05) is 39.4 Å². The summed E-state index contributed by atoms with van der Waals surface area (Å²) in [5.74, 6) is 0.771. The van der Waals surface area contributed by atoms with Crippen molar-refractivity contribution >= 4 is 0 Å². The smallest absolute Gasteiger partial charge is 0.0545 e. The first-order valence-corrected chi connectivity index (χ1v) is 7.47. The van der Waals surface area contributed by atoms with E-state index in [0.29, 0.717) is 11.0 Å². The van der Waals surface area contributed by atoms with Gasteiger partial charge in [0, 0.05) is 37.1 Å². The van der Waals surface area contributed by atoms with E-state index >= 15 is 0 Å². The first kappa shape index (κ1) is 14.3. The highest BCUT2D eigenvalue weighted by molar-refractivity contribution is 4.96. The quantitative estimate of drug-likeness (QED) is 0.813. The zero-order valence-corrected chi connectivity index (χ0v) is 12.6. The lowest BCUT2D eigenvalue weighted by molar-refractivity contribution is -0.146. The molecule has 2 saturated heterocycles. The maximum Gasteiger partial charge on any atom is 0.0545 e. The standard InChI is InChI=1S/C15H30N2O/c1-13(2)9-15(11-18-12-15)10-14(3,4)17-7-5-16-6-8-17/h13,16H,5-12H2,1-4H3. The Morgan fingerprint density at radius 3 is 2.28 bits per heavy atom. The molecule has 18 heavy (non-hydrogen) atoms. The maximum atomic E-state index is 5.54. The van der Waals surface area contributed by atoms with Crippen molar-refractivity contribution in [3.63, 3.8) is 0 Å². The van der Waals surface area contributed by atoms with Crippen molar-refractivity contribution in [3.05, 3.63) is 0 Å². The van der Waals surface area contributed by atoms with E-state index in [1.807, 2.05) is 0 Å². The van der Waals surface area contributed by atoms with Crippen LogP contribution in [0.5, 0.6) is 0 Å². The van der Waals surface area contributed by atoms with Gasteiger partial charge < -0.3 is 10.1 Å². The van der Waals surface area contributed by atoms with Crippen molar-refractivity contribution in [3.8, 4) is 0 Å². The van der Waals surface area contributed by atoms with Crippen molar-refractivity contribution < 1.29 is 4.74 Å². The number of hydrogen-bond acceptors (Lipinski definition) is 3. The molecule has 2 aliphatic rings. The first-order valence-electron chi connectivity index (χ1n) is 7.47. The summed E-state index contributed by atoms with van der Waals surface area (Å²) < 4.78 is 5.54. The molecule has 0 saturated carbocycles. The second-order valence-corrected chi connectivity index (χ2v) is 7.32. The highest BCUT2D eigenvalue weighted by Gasteiger charge is 2.44. The maximum absolute atomic E-state index is 5.54. The van der Waals surface area contributed by atoms with Gasteiger partial charge in [0.1, 0.15) is 0 Å². The second kappa shape index (κ2) is 5.48. The van der Waals surface area contributed by atoms with Crippen molar-refractivity contribution in [2.24, 2.45) is 11.3 Å². The number of nitrogens with zero attached hydrogens (tertiary/aromatic N) is 1. The van der Waals surface area contributed by atoms with Crippen LogP contribution in [0.25, 0.3) is 0 Å². The summed E-state index contributed by atoms with van der Waals surface area (Å²) in [4.78, 5) is 2.66. The van der Waals surface area contributed by atoms with Crippen LogP contribution in [0.1, 0.15) is 40.5 Å². The molecular formula is C15H30N2O. The van der Waals surface area contributed by atoms with Crippen LogP contribution in [0.3, 0.4) is 0 Å². The molecule has 0 aromatic heterocycles. The van der Waals surface area contributed by atoms with Gasteiger partial charge in [0.2, 0.25) is 0 Å². The Labute approximate surface area is 112 Å². The largest absolute Gasteiger partial charge is 0.380 e. The molecule has 2 rings (SSSR count).